The Kier molecular flexibility index (Phi) is 5.42. The van der Waals surface area contributed by atoms with Crippen molar-refractivity contribution in [2.75, 3.05) is 18.1 Å². The van der Waals surface area contributed by atoms with Crippen molar-refractivity contribution in [2.24, 2.45) is 0 Å². The van der Waals surface area contributed by atoms with Crippen LogP contribution in [0.2, 0.25) is 0 Å². The van der Waals surface area contributed by atoms with Gasteiger partial charge in [0.15, 0.2) is 0 Å². The molecular formula is C27H23FN2O3. The van der Waals surface area contributed by atoms with Crippen LogP contribution < -0.4 is 9.64 Å². The van der Waals surface area contributed by atoms with E-state index in [0.29, 0.717) is 42.4 Å². The third-order valence-corrected chi connectivity index (χ3v) is 6.05. The number of anilines is 1. The fraction of sp³-hybridized carbons (Fsp3) is 0.185. The predicted molar refractivity (Wildman–Crippen MR) is 124 cm³/mol. The van der Waals surface area contributed by atoms with Gasteiger partial charge in [-0.2, -0.15) is 0 Å². The Morgan fingerprint density at radius 3 is 2.33 bits per heavy atom. The molecule has 0 fully saturated rings. The van der Waals surface area contributed by atoms with Crippen molar-refractivity contribution in [1.82, 2.24) is 4.90 Å². The molecule has 2 aliphatic heterocycles. The molecule has 6 heteroatoms. The number of para-hydroxylation sites is 2. The number of halogens is 1. The van der Waals surface area contributed by atoms with Crippen molar-refractivity contribution >= 4 is 23.1 Å². The molecule has 2 heterocycles. The van der Waals surface area contributed by atoms with Crippen molar-refractivity contribution in [2.45, 2.75) is 19.9 Å². The maximum atomic E-state index is 13.8. The zero-order valence-corrected chi connectivity index (χ0v) is 18.3. The molecule has 0 radical (unpaired) electrons. The predicted octanol–water partition coefficient (Wildman–Crippen LogP) is 4.57. The zero-order chi connectivity index (χ0) is 22.9. The van der Waals surface area contributed by atoms with Gasteiger partial charge in [-0.05, 0) is 54.3 Å². The van der Waals surface area contributed by atoms with E-state index in [0.717, 1.165) is 12.0 Å². The lowest BCUT2D eigenvalue weighted by Gasteiger charge is -2.31. The van der Waals surface area contributed by atoms with Crippen LogP contribution in [0.15, 0.2) is 78.5 Å². The van der Waals surface area contributed by atoms with Crippen LogP contribution in [0.4, 0.5) is 10.1 Å². The van der Waals surface area contributed by atoms with Gasteiger partial charge in [-0.15, -0.1) is 0 Å². The zero-order valence-electron chi connectivity index (χ0n) is 18.3. The maximum Gasteiger partial charge on any atom is 0.282 e. The first-order valence-corrected chi connectivity index (χ1v) is 11.0. The summed E-state index contributed by atoms with van der Waals surface area (Å²) >= 11 is 0. The molecule has 5 nitrogen and oxygen atoms in total. The van der Waals surface area contributed by atoms with Crippen molar-refractivity contribution in [1.29, 1.82) is 0 Å². The van der Waals surface area contributed by atoms with E-state index in [1.165, 1.54) is 22.6 Å². The van der Waals surface area contributed by atoms with Gasteiger partial charge in [-0.25, -0.2) is 9.29 Å². The van der Waals surface area contributed by atoms with Crippen molar-refractivity contribution in [3.63, 3.8) is 0 Å². The number of amides is 2. The second-order valence-corrected chi connectivity index (χ2v) is 8.02. The minimum absolute atomic E-state index is 0.283. The van der Waals surface area contributed by atoms with Crippen LogP contribution in [0.1, 0.15) is 23.6 Å². The Morgan fingerprint density at radius 1 is 0.879 bits per heavy atom. The maximum absolute atomic E-state index is 13.8. The first-order chi connectivity index (χ1) is 16.1. The molecule has 0 spiro atoms. The smallest absolute Gasteiger partial charge is 0.282 e. The Balaban J connectivity index is 1.62. The number of hydrogen-bond donors (Lipinski definition) is 0. The van der Waals surface area contributed by atoms with Crippen molar-refractivity contribution in [3.05, 3.63) is 101 Å². The van der Waals surface area contributed by atoms with Crippen LogP contribution in [0.3, 0.4) is 0 Å². The Bertz CT molecular complexity index is 1270. The molecule has 2 amide bonds. The van der Waals surface area contributed by atoms with E-state index < -0.39 is 17.6 Å². The summed E-state index contributed by atoms with van der Waals surface area (Å²) in [5, 5.41) is 0. The topological polar surface area (TPSA) is 49.9 Å². The molecule has 0 atom stereocenters. The quantitative estimate of drug-likeness (QED) is 0.544. The van der Waals surface area contributed by atoms with Gasteiger partial charge in [-0.1, -0.05) is 48.5 Å². The summed E-state index contributed by atoms with van der Waals surface area (Å²) in [5.41, 5.74) is 3.91. The average molecular weight is 442 g/mol. The highest BCUT2D eigenvalue weighted by Gasteiger charge is 2.44. The lowest BCUT2D eigenvalue weighted by atomic mass is 9.98. The number of ether oxygens (including phenoxy) is 1. The summed E-state index contributed by atoms with van der Waals surface area (Å²) in [6.07, 6.45) is 0.771. The molecule has 5 rings (SSSR count). The van der Waals surface area contributed by atoms with E-state index in [4.69, 9.17) is 4.74 Å². The van der Waals surface area contributed by atoms with Crippen molar-refractivity contribution in [3.8, 4) is 5.75 Å². The number of nitrogens with zero attached hydrogens (tertiary/aromatic N) is 2. The van der Waals surface area contributed by atoms with E-state index >= 15 is 0 Å². The molecule has 3 aromatic carbocycles. The molecule has 0 unspecified atom stereocenters. The number of fused-ring (bicyclic) bond motifs is 1. The fourth-order valence-electron chi connectivity index (χ4n) is 4.51. The molecule has 0 N–H and O–H groups in total. The van der Waals surface area contributed by atoms with Crippen LogP contribution >= 0.6 is 0 Å². The summed E-state index contributed by atoms with van der Waals surface area (Å²) in [7, 11) is 0. The molecule has 0 aromatic heterocycles. The Hall–Kier alpha value is -3.93. The van der Waals surface area contributed by atoms with Gasteiger partial charge in [0, 0.05) is 13.1 Å². The van der Waals surface area contributed by atoms with Gasteiger partial charge in [0.05, 0.1) is 17.9 Å². The molecule has 33 heavy (non-hydrogen) atoms. The van der Waals surface area contributed by atoms with E-state index in [1.54, 1.807) is 36.4 Å². The number of hydrogen-bond acceptors (Lipinski definition) is 4. The van der Waals surface area contributed by atoms with Crippen LogP contribution in [0, 0.1) is 5.82 Å². The van der Waals surface area contributed by atoms with Gasteiger partial charge < -0.3 is 9.64 Å². The molecule has 0 saturated carbocycles. The lowest BCUT2D eigenvalue weighted by molar-refractivity contribution is -0.120. The Labute approximate surface area is 191 Å². The van der Waals surface area contributed by atoms with Crippen LogP contribution in [0.5, 0.6) is 5.75 Å². The number of imide groups is 1. The third-order valence-electron chi connectivity index (χ3n) is 6.05. The number of benzene rings is 3. The molecule has 3 aromatic rings. The van der Waals surface area contributed by atoms with E-state index in [9.17, 15) is 14.0 Å². The average Bonchev–Trinajstić information content (AvgIpc) is 3.10. The number of carbonyl (C=O) groups excluding carboxylic acids is 2. The molecule has 2 aliphatic rings. The minimum atomic E-state index is -0.437. The molecule has 0 aliphatic carbocycles. The van der Waals surface area contributed by atoms with Crippen LogP contribution in [0.25, 0.3) is 5.57 Å². The van der Waals surface area contributed by atoms with Crippen molar-refractivity contribution < 1.29 is 18.7 Å². The third kappa shape index (κ3) is 3.67. The first-order valence-electron chi connectivity index (χ1n) is 11.0. The fourth-order valence-corrected chi connectivity index (χ4v) is 4.51. The standard InChI is InChI=1S/C27H23FN2O3/c1-2-33-23-10-6-5-9-22(23)30-26(31)24(19-11-13-21(28)14-12-19)25(27(30)32)29-16-15-18-7-3-4-8-20(18)17-29/h3-14H,2,15-17H2,1H3. The summed E-state index contributed by atoms with van der Waals surface area (Å²) < 4.78 is 19.3. The minimum Gasteiger partial charge on any atom is -0.492 e. The van der Waals surface area contributed by atoms with Gasteiger partial charge in [-0.3, -0.25) is 9.59 Å². The molecule has 0 saturated heterocycles. The van der Waals surface area contributed by atoms with Gasteiger partial charge in [0.1, 0.15) is 17.3 Å². The van der Waals surface area contributed by atoms with E-state index in [2.05, 4.69) is 6.07 Å². The molecule has 0 bridgehead atoms. The Morgan fingerprint density at radius 2 is 1.58 bits per heavy atom. The van der Waals surface area contributed by atoms with Gasteiger partial charge >= 0.3 is 0 Å². The summed E-state index contributed by atoms with van der Waals surface area (Å²) in [6, 6.07) is 20.8. The number of carbonyl (C=O) groups is 2. The van der Waals surface area contributed by atoms with E-state index in [-0.39, 0.29) is 5.57 Å². The molecule has 166 valence electrons. The van der Waals surface area contributed by atoms with Gasteiger partial charge in [0.2, 0.25) is 0 Å². The number of rotatable bonds is 5. The highest BCUT2D eigenvalue weighted by atomic mass is 19.1. The monoisotopic (exact) mass is 442 g/mol. The van der Waals surface area contributed by atoms with Crippen LogP contribution in [-0.2, 0) is 22.6 Å². The lowest BCUT2D eigenvalue weighted by Crippen LogP contribution is -2.37. The molecular weight excluding hydrogens is 419 g/mol. The summed E-state index contributed by atoms with van der Waals surface area (Å²) in [4.78, 5) is 30.7. The van der Waals surface area contributed by atoms with E-state index in [1.807, 2.05) is 30.0 Å². The summed E-state index contributed by atoms with van der Waals surface area (Å²) in [6.45, 7) is 3.39. The highest BCUT2D eigenvalue weighted by Crippen LogP contribution is 2.39. The normalized spacial score (nSPS) is 15.8. The second-order valence-electron chi connectivity index (χ2n) is 8.02. The van der Waals surface area contributed by atoms with Gasteiger partial charge in [0.25, 0.3) is 11.8 Å². The SMILES string of the molecule is CCOc1ccccc1N1C(=O)C(c2ccc(F)cc2)=C(N2CCc3ccccc3C2)C1=O. The largest absolute Gasteiger partial charge is 0.492 e. The van der Waals surface area contributed by atoms with Crippen LogP contribution in [-0.4, -0.2) is 29.9 Å². The second kappa shape index (κ2) is 8.54. The highest BCUT2D eigenvalue weighted by molar-refractivity contribution is 6.45. The summed E-state index contributed by atoms with van der Waals surface area (Å²) in [5.74, 6) is -0.771. The first kappa shape index (κ1) is 20.9.